The van der Waals surface area contributed by atoms with Crippen LogP contribution in [0.4, 0.5) is 0 Å². The molecular weight excluding hydrogens is 268 g/mol. The quantitative estimate of drug-likeness (QED) is 0.767. The van der Waals surface area contributed by atoms with E-state index in [1.54, 1.807) is 0 Å². The van der Waals surface area contributed by atoms with E-state index in [0.29, 0.717) is 6.61 Å². The fraction of sp³-hybridized carbons (Fsp3) is 0.923. The molecule has 3 saturated heterocycles. The van der Waals surface area contributed by atoms with Crippen molar-refractivity contribution in [3.8, 4) is 0 Å². The summed E-state index contributed by atoms with van der Waals surface area (Å²) < 4.78 is 11.4. The smallest absolute Gasteiger partial charge is 0.239 e. The molecule has 3 aliphatic rings. The van der Waals surface area contributed by atoms with Crippen molar-refractivity contribution in [2.45, 2.75) is 37.3 Å². The zero-order valence-corrected chi connectivity index (χ0v) is 12.0. The second-order valence-corrected chi connectivity index (χ2v) is 5.55. The van der Waals surface area contributed by atoms with E-state index in [9.17, 15) is 4.79 Å². The fourth-order valence-corrected chi connectivity index (χ4v) is 3.19. The topological polar surface area (TPSA) is 50.8 Å². The molecule has 5 nitrogen and oxygen atoms in total. The molecule has 3 rings (SSSR count). The number of ether oxygens (including phenoxy) is 2. The third-order valence-corrected chi connectivity index (χ3v) is 4.32. The van der Waals surface area contributed by atoms with Gasteiger partial charge in [-0.3, -0.25) is 4.79 Å². The first-order valence-electron chi connectivity index (χ1n) is 7.03. The van der Waals surface area contributed by atoms with E-state index in [1.165, 1.54) is 0 Å². The van der Waals surface area contributed by atoms with Gasteiger partial charge in [0.25, 0.3) is 0 Å². The molecule has 6 heteroatoms. The molecule has 0 bridgehead atoms. The highest BCUT2D eigenvalue weighted by Gasteiger charge is 2.41. The Kier molecular flexibility index (Phi) is 5.06. The normalized spacial score (nSPS) is 30.1. The van der Waals surface area contributed by atoms with E-state index in [4.69, 9.17) is 9.47 Å². The van der Waals surface area contributed by atoms with Gasteiger partial charge in [-0.25, -0.2) is 0 Å². The molecule has 0 aliphatic carbocycles. The predicted molar refractivity (Wildman–Crippen MR) is 73.6 cm³/mol. The van der Waals surface area contributed by atoms with Crippen LogP contribution in [0.2, 0.25) is 0 Å². The highest BCUT2D eigenvalue weighted by Crippen LogP contribution is 2.29. The number of carbonyl (C=O) groups is 1. The van der Waals surface area contributed by atoms with Crippen molar-refractivity contribution in [1.82, 2.24) is 10.2 Å². The Morgan fingerprint density at radius 1 is 1.26 bits per heavy atom. The molecule has 110 valence electrons. The lowest BCUT2D eigenvalue weighted by molar-refractivity contribution is -0.169. The number of hydrogen-bond acceptors (Lipinski definition) is 4. The zero-order chi connectivity index (χ0) is 12.4. The molecule has 0 saturated carbocycles. The van der Waals surface area contributed by atoms with Crippen LogP contribution in [0.3, 0.4) is 0 Å². The lowest BCUT2D eigenvalue weighted by atomic mass is 9.92. The van der Waals surface area contributed by atoms with Crippen LogP contribution in [0.25, 0.3) is 0 Å². The van der Waals surface area contributed by atoms with E-state index >= 15 is 0 Å². The Hall–Kier alpha value is -0.360. The van der Waals surface area contributed by atoms with E-state index in [1.807, 2.05) is 4.90 Å². The zero-order valence-electron chi connectivity index (χ0n) is 11.2. The SMILES string of the molecule is Cl.O=C(C1CCCN1)N1CCOC2(CCOCC2)C1. The number of amides is 1. The maximum Gasteiger partial charge on any atom is 0.239 e. The summed E-state index contributed by atoms with van der Waals surface area (Å²) >= 11 is 0. The Labute approximate surface area is 120 Å². The molecule has 0 aromatic rings. The van der Waals surface area contributed by atoms with Gasteiger partial charge in [0.2, 0.25) is 5.91 Å². The average Bonchev–Trinajstić information content (AvgIpc) is 2.93. The maximum absolute atomic E-state index is 12.4. The highest BCUT2D eigenvalue weighted by atomic mass is 35.5. The van der Waals surface area contributed by atoms with Crippen LogP contribution in [0.5, 0.6) is 0 Å². The summed E-state index contributed by atoms with van der Waals surface area (Å²) in [5.74, 6) is 0.265. The molecule has 1 unspecified atom stereocenters. The van der Waals surface area contributed by atoms with Crippen LogP contribution < -0.4 is 5.32 Å². The third kappa shape index (κ3) is 3.21. The summed E-state index contributed by atoms with van der Waals surface area (Å²) in [6.07, 6.45) is 3.91. The van der Waals surface area contributed by atoms with Gasteiger partial charge in [0.05, 0.1) is 18.2 Å². The average molecular weight is 291 g/mol. The molecule has 3 fully saturated rings. The van der Waals surface area contributed by atoms with Crippen LogP contribution in [0.1, 0.15) is 25.7 Å². The van der Waals surface area contributed by atoms with Gasteiger partial charge in [-0.2, -0.15) is 0 Å². The molecule has 1 atom stereocenters. The van der Waals surface area contributed by atoms with E-state index in [0.717, 1.165) is 58.5 Å². The molecule has 1 spiro atoms. The van der Waals surface area contributed by atoms with Crippen LogP contribution in [0, 0.1) is 0 Å². The van der Waals surface area contributed by atoms with Crippen LogP contribution in [-0.2, 0) is 14.3 Å². The van der Waals surface area contributed by atoms with Gasteiger partial charge in [-0.15, -0.1) is 12.4 Å². The number of rotatable bonds is 1. The minimum absolute atomic E-state index is 0. The number of hydrogen-bond donors (Lipinski definition) is 1. The van der Waals surface area contributed by atoms with Gasteiger partial charge in [0.15, 0.2) is 0 Å². The van der Waals surface area contributed by atoms with Gasteiger partial charge in [-0.05, 0) is 19.4 Å². The van der Waals surface area contributed by atoms with Crippen molar-refractivity contribution >= 4 is 18.3 Å². The van der Waals surface area contributed by atoms with E-state index in [-0.39, 0.29) is 30.0 Å². The molecule has 1 N–H and O–H groups in total. The maximum atomic E-state index is 12.4. The van der Waals surface area contributed by atoms with Crippen molar-refractivity contribution < 1.29 is 14.3 Å². The summed E-state index contributed by atoms with van der Waals surface area (Å²) in [5, 5.41) is 3.29. The first kappa shape index (κ1) is 15.0. The third-order valence-electron chi connectivity index (χ3n) is 4.32. The fourth-order valence-electron chi connectivity index (χ4n) is 3.19. The Morgan fingerprint density at radius 2 is 2.05 bits per heavy atom. The van der Waals surface area contributed by atoms with Crippen molar-refractivity contribution in [2.75, 3.05) is 39.5 Å². The van der Waals surface area contributed by atoms with Gasteiger partial charge in [0, 0.05) is 39.1 Å². The highest BCUT2D eigenvalue weighted by molar-refractivity contribution is 5.85. The standard InChI is InChI=1S/C13H22N2O3.ClH/c16-12(11-2-1-5-14-11)15-6-9-18-13(10-15)3-7-17-8-4-13;/h11,14H,1-10H2;1H. The largest absolute Gasteiger partial charge is 0.381 e. The summed E-state index contributed by atoms with van der Waals surface area (Å²) in [6, 6.07) is 0.0417. The second-order valence-electron chi connectivity index (χ2n) is 5.55. The molecule has 1 amide bonds. The summed E-state index contributed by atoms with van der Waals surface area (Å²) in [6.45, 7) is 4.62. The van der Waals surface area contributed by atoms with Crippen molar-refractivity contribution in [3.63, 3.8) is 0 Å². The van der Waals surface area contributed by atoms with Crippen LogP contribution >= 0.6 is 12.4 Å². The molecule has 3 heterocycles. The molecule has 0 aromatic carbocycles. The van der Waals surface area contributed by atoms with Crippen LogP contribution in [0.15, 0.2) is 0 Å². The van der Waals surface area contributed by atoms with Crippen molar-refractivity contribution in [1.29, 1.82) is 0 Å². The van der Waals surface area contributed by atoms with Crippen LogP contribution in [-0.4, -0.2) is 61.9 Å². The summed E-state index contributed by atoms with van der Waals surface area (Å²) in [5.41, 5.74) is -0.134. The van der Waals surface area contributed by atoms with Gasteiger partial charge in [0.1, 0.15) is 0 Å². The number of carbonyl (C=O) groups excluding carboxylic acids is 1. The first-order chi connectivity index (χ1) is 8.79. The lowest BCUT2D eigenvalue weighted by Crippen LogP contribution is -2.58. The molecule has 0 aromatic heterocycles. The lowest BCUT2D eigenvalue weighted by Gasteiger charge is -2.45. The Morgan fingerprint density at radius 3 is 2.74 bits per heavy atom. The number of nitrogens with zero attached hydrogens (tertiary/aromatic N) is 1. The summed E-state index contributed by atoms with van der Waals surface area (Å²) in [4.78, 5) is 14.4. The molecule has 3 aliphatic heterocycles. The first-order valence-corrected chi connectivity index (χ1v) is 7.03. The van der Waals surface area contributed by atoms with Crippen molar-refractivity contribution in [2.24, 2.45) is 0 Å². The van der Waals surface area contributed by atoms with Gasteiger partial charge < -0.3 is 19.7 Å². The monoisotopic (exact) mass is 290 g/mol. The Balaban J connectivity index is 0.00000133. The second kappa shape index (κ2) is 6.39. The number of nitrogens with one attached hydrogen (secondary N) is 1. The summed E-state index contributed by atoms with van der Waals surface area (Å²) in [7, 11) is 0. The van der Waals surface area contributed by atoms with E-state index < -0.39 is 0 Å². The predicted octanol–water partition coefficient (Wildman–Crippen LogP) is 0.568. The van der Waals surface area contributed by atoms with Crippen molar-refractivity contribution in [3.05, 3.63) is 0 Å². The number of halogens is 1. The molecule has 19 heavy (non-hydrogen) atoms. The minimum atomic E-state index is -0.134. The van der Waals surface area contributed by atoms with Gasteiger partial charge >= 0.3 is 0 Å². The molecular formula is C13H23ClN2O3. The van der Waals surface area contributed by atoms with E-state index in [2.05, 4.69) is 5.32 Å². The van der Waals surface area contributed by atoms with Gasteiger partial charge in [-0.1, -0.05) is 0 Å². The minimum Gasteiger partial charge on any atom is -0.381 e. The molecule has 0 radical (unpaired) electrons. The number of morpholine rings is 1. The Bertz CT molecular complexity index is 310.